The van der Waals surface area contributed by atoms with Gasteiger partial charge in [-0.25, -0.2) is 0 Å². The average molecular weight is 596 g/mol. The molecule has 1 atom stereocenters. The van der Waals surface area contributed by atoms with E-state index in [0.29, 0.717) is 22.7 Å². The van der Waals surface area contributed by atoms with Gasteiger partial charge in [0.2, 0.25) is 0 Å². The van der Waals surface area contributed by atoms with Crippen molar-refractivity contribution in [1.82, 2.24) is 26.0 Å². The number of hydrogen-bond donors (Lipinski definition) is 4. The molecule has 1 amide bonds. The molecule has 1 aromatic carbocycles. The summed E-state index contributed by atoms with van der Waals surface area (Å²) in [6.45, 7) is 2.09. The molecule has 1 unspecified atom stereocenters. The fourth-order valence-corrected chi connectivity index (χ4v) is 5.97. The Morgan fingerprint density at radius 2 is 2.05 bits per heavy atom. The number of carbonyl (C=O) groups excluding carboxylic acids is 1. The number of carbonyl (C=O) groups is 1. The minimum atomic E-state index is -4.31. The number of rotatable bonds is 7. The van der Waals surface area contributed by atoms with Crippen LogP contribution in [0.3, 0.4) is 0 Å². The first kappa shape index (κ1) is 27.9. The van der Waals surface area contributed by atoms with Crippen LogP contribution in [0.1, 0.15) is 23.2 Å². The summed E-state index contributed by atoms with van der Waals surface area (Å²) in [7, 11) is 5.14. The van der Waals surface area contributed by atoms with Crippen molar-refractivity contribution < 1.29 is 22.7 Å². The first-order chi connectivity index (χ1) is 18.2. The number of methoxy groups -OCH3 is 1. The molecule has 0 aliphatic carbocycles. The van der Waals surface area contributed by atoms with Gasteiger partial charge < -0.3 is 0 Å². The summed E-state index contributed by atoms with van der Waals surface area (Å²) in [5, 5.41) is 6.57. The fraction of sp³-hybridized carbons (Fsp3) is 0.423. The van der Waals surface area contributed by atoms with E-state index < -0.39 is 26.1 Å². The SMILES string of the molecule is CNC(=O)c1ccc(OC)c(NCC#CC2NN3C(NC4CCN(C)CC4)=CC=CC3=C2[Se]C(F)(F)F)c1. The Labute approximate surface area is 226 Å². The summed E-state index contributed by atoms with van der Waals surface area (Å²) in [6.07, 6.45) is 7.27. The maximum absolute atomic E-state index is 13.6. The van der Waals surface area contributed by atoms with Gasteiger partial charge in [-0.15, -0.1) is 0 Å². The number of halogens is 3. The van der Waals surface area contributed by atoms with Crippen molar-refractivity contribution >= 4 is 26.6 Å². The molecule has 8 nitrogen and oxygen atoms in total. The molecule has 3 aliphatic heterocycles. The molecular weight excluding hydrogens is 564 g/mol. The second-order valence-corrected chi connectivity index (χ2v) is 11.3. The molecule has 204 valence electrons. The predicted octanol–water partition coefficient (Wildman–Crippen LogP) is 2.19. The van der Waals surface area contributed by atoms with Crippen molar-refractivity contribution in [1.29, 1.82) is 0 Å². The van der Waals surface area contributed by atoms with Gasteiger partial charge in [-0.2, -0.15) is 0 Å². The van der Waals surface area contributed by atoms with Crippen molar-refractivity contribution in [2.24, 2.45) is 0 Å². The molecule has 12 heteroatoms. The summed E-state index contributed by atoms with van der Waals surface area (Å²) in [4.78, 5) is 14.2. The number of hydrazine groups is 1. The molecule has 3 heterocycles. The van der Waals surface area contributed by atoms with Crippen molar-refractivity contribution in [2.45, 2.75) is 30.0 Å². The number of likely N-dealkylation sites (tertiary alicyclic amines) is 1. The molecule has 0 radical (unpaired) electrons. The van der Waals surface area contributed by atoms with Crippen molar-refractivity contribution in [3.8, 4) is 17.6 Å². The van der Waals surface area contributed by atoms with E-state index in [1.54, 1.807) is 42.4 Å². The first-order valence-electron chi connectivity index (χ1n) is 12.2. The van der Waals surface area contributed by atoms with Crippen LogP contribution in [0.25, 0.3) is 0 Å². The van der Waals surface area contributed by atoms with Crippen LogP contribution in [0.15, 0.2) is 52.4 Å². The number of amides is 1. The van der Waals surface area contributed by atoms with Crippen LogP contribution in [-0.4, -0.2) is 88.8 Å². The van der Waals surface area contributed by atoms with Gasteiger partial charge >= 0.3 is 227 Å². The van der Waals surface area contributed by atoms with Crippen LogP contribution in [0.2, 0.25) is 0 Å². The Bertz CT molecular complexity index is 1200. The van der Waals surface area contributed by atoms with Crippen LogP contribution in [0.4, 0.5) is 18.9 Å². The summed E-state index contributed by atoms with van der Waals surface area (Å²) in [5.41, 5.74) is 4.67. The summed E-state index contributed by atoms with van der Waals surface area (Å²) in [5.74, 6) is 6.93. The fourth-order valence-electron chi connectivity index (χ4n) is 4.41. The van der Waals surface area contributed by atoms with E-state index in [4.69, 9.17) is 4.74 Å². The van der Waals surface area contributed by atoms with E-state index in [1.165, 1.54) is 7.11 Å². The molecule has 0 aromatic heterocycles. The molecule has 1 aromatic rings. The number of anilines is 1. The molecule has 1 saturated heterocycles. The molecule has 0 spiro atoms. The van der Waals surface area contributed by atoms with Gasteiger partial charge in [0.25, 0.3) is 0 Å². The third kappa shape index (κ3) is 6.85. The molecular formula is C26H31F3N6O2Se. The second-order valence-electron chi connectivity index (χ2n) is 9.00. The zero-order chi connectivity index (χ0) is 27.3. The first-order valence-corrected chi connectivity index (χ1v) is 13.9. The van der Waals surface area contributed by atoms with Gasteiger partial charge in [0.15, 0.2) is 0 Å². The van der Waals surface area contributed by atoms with E-state index in [-0.39, 0.29) is 23.0 Å². The van der Waals surface area contributed by atoms with Gasteiger partial charge in [0.1, 0.15) is 0 Å². The standard InChI is InChI=1S/C26H31F3N6O2Se/c1-30-25(36)17-9-10-22(37-3)20(16-17)31-13-5-6-19-24(38-26(27,28)29)21-7-4-8-23(35(21)33-19)32-18-11-14-34(2)15-12-18/h4,7-10,16,18-19,31-33H,11-15H2,1-3H3,(H,30,36). The van der Waals surface area contributed by atoms with Gasteiger partial charge in [0.05, 0.1) is 0 Å². The molecule has 4 N–H and O–H groups in total. The molecule has 38 heavy (non-hydrogen) atoms. The van der Waals surface area contributed by atoms with E-state index in [0.717, 1.165) is 31.8 Å². The van der Waals surface area contributed by atoms with Gasteiger partial charge in [-0.3, -0.25) is 0 Å². The monoisotopic (exact) mass is 596 g/mol. The van der Waals surface area contributed by atoms with Gasteiger partial charge in [0, 0.05) is 0 Å². The summed E-state index contributed by atoms with van der Waals surface area (Å²) in [6, 6.07) is 4.42. The number of alkyl halides is 3. The number of allylic oxidation sites excluding steroid dienone is 3. The third-order valence-electron chi connectivity index (χ3n) is 6.36. The van der Waals surface area contributed by atoms with Gasteiger partial charge in [-0.05, 0) is 0 Å². The van der Waals surface area contributed by atoms with Crippen molar-refractivity contribution in [3.63, 3.8) is 0 Å². The number of ether oxygens (including phenoxy) is 1. The third-order valence-corrected chi connectivity index (χ3v) is 8.24. The zero-order valence-corrected chi connectivity index (χ0v) is 23.1. The quantitative estimate of drug-likeness (QED) is 0.285. The van der Waals surface area contributed by atoms with E-state index >= 15 is 0 Å². The van der Waals surface area contributed by atoms with Crippen LogP contribution < -0.4 is 26.1 Å². The Kier molecular flexibility index (Phi) is 8.95. The average Bonchev–Trinajstić information content (AvgIpc) is 3.24. The molecule has 0 bridgehead atoms. The van der Waals surface area contributed by atoms with Crippen molar-refractivity contribution in [2.75, 3.05) is 46.2 Å². The van der Waals surface area contributed by atoms with Crippen LogP contribution in [0, 0.1) is 11.8 Å². The van der Waals surface area contributed by atoms with E-state index in [9.17, 15) is 18.0 Å². The Hall–Kier alpha value is -3.10. The van der Waals surface area contributed by atoms with E-state index in [2.05, 4.69) is 45.2 Å². The molecule has 3 aliphatic rings. The number of nitrogens with zero attached hydrogens (tertiary/aromatic N) is 2. The number of benzene rings is 1. The minimum absolute atomic E-state index is 0.153. The number of nitrogens with one attached hydrogen (secondary N) is 4. The second kappa shape index (κ2) is 12.2. The topological polar surface area (TPSA) is 80.9 Å². The van der Waals surface area contributed by atoms with Gasteiger partial charge in [-0.1, -0.05) is 0 Å². The van der Waals surface area contributed by atoms with Crippen molar-refractivity contribution in [3.05, 3.63) is 58.0 Å². The number of hydrogen-bond acceptors (Lipinski definition) is 7. The summed E-state index contributed by atoms with van der Waals surface area (Å²) >= 11 is -1.75. The maximum atomic E-state index is 13.6. The van der Waals surface area contributed by atoms with E-state index in [1.807, 2.05) is 6.08 Å². The molecule has 1 fully saturated rings. The zero-order valence-electron chi connectivity index (χ0n) is 21.4. The summed E-state index contributed by atoms with van der Waals surface area (Å²) < 4.78 is 46.2. The normalized spacial score (nSPS) is 19.9. The van der Waals surface area contributed by atoms with Crippen LogP contribution in [-0.2, 0) is 0 Å². The Morgan fingerprint density at radius 3 is 2.74 bits per heavy atom. The van der Waals surface area contributed by atoms with Crippen LogP contribution >= 0.6 is 0 Å². The van der Waals surface area contributed by atoms with Crippen LogP contribution in [0.5, 0.6) is 5.75 Å². The molecule has 4 rings (SSSR count). The predicted molar refractivity (Wildman–Crippen MR) is 141 cm³/mol. The number of piperidine rings is 1. The molecule has 0 saturated carbocycles. The Balaban J connectivity index is 1.49. The Morgan fingerprint density at radius 1 is 1.29 bits per heavy atom. The number of fused-ring (bicyclic) bond motifs is 1.